The number of ether oxygens (including phenoxy) is 2. The summed E-state index contributed by atoms with van der Waals surface area (Å²) in [5.74, 6) is 0.419. The van der Waals surface area contributed by atoms with Crippen LogP contribution >= 0.6 is 15.9 Å². The van der Waals surface area contributed by atoms with Gasteiger partial charge in [-0.05, 0) is 34.5 Å². The first-order valence-corrected chi connectivity index (χ1v) is 8.21. The maximum Gasteiger partial charge on any atom is 0.240 e. The van der Waals surface area contributed by atoms with Crippen LogP contribution in [-0.2, 0) is 6.42 Å². The maximum absolute atomic E-state index is 14.6. The van der Waals surface area contributed by atoms with E-state index in [2.05, 4.69) is 32.0 Å². The van der Waals surface area contributed by atoms with Crippen molar-refractivity contribution in [3.05, 3.63) is 40.2 Å². The SMILES string of the molecule is COc1nc(-n2ccc3ccc(Br)c(F)c32)nc(OC)c1CCC#N. The predicted octanol–water partition coefficient (Wildman–Crippen LogP) is 3.80. The van der Waals surface area contributed by atoms with E-state index < -0.39 is 5.82 Å². The topological polar surface area (TPSA) is 73.0 Å². The lowest BCUT2D eigenvalue weighted by Gasteiger charge is -2.13. The van der Waals surface area contributed by atoms with E-state index in [1.807, 2.05) is 0 Å². The van der Waals surface area contributed by atoms with Crippen LogP contribution in [0, 0.1) is 17.1 Å². The van der Waals surface area contributed by atoms with Crippen LogP contribution in [0.5, 0.6) is 11.8 Å². The zero-order valence-corrected chi connectivity index (χ0v) is 15.2. The number of benzene rings is 1. The molecule has 0 N–H and O–H groups in total. The van der Waals surface area contributed by atoms with Crippen LogP contribution in [0.3, 0.4) is 0 Å². The number of hydrogen-bond donors (Lipinski definition) is 0. The van der Waals surface area contributed by atoms with Gasteiger partial charge in [-0.15, -0.1) is 0 Å². The largest absolute Gasteiger partial charge is 0.481 e. The fourth-order valence-corrected chi connectivity index (χ4v) is 2.92. The second-order valence-corrected chi connectivity index (χ2v) is 6.02. The number of rotatable bonds is 5. The second kappa shape index (κ2) is 7.07. The summed E-state index contributed by atoms with van der Waals surface area (Å²) in [6.45, 7) is 0. The van der Waals surface area contributed by atoms with Crippen LogP contribution < -0.4 is 9.47 Å². The number of hydrogen-bond acceptors (Lipinski definition) is 5. The molecule has 0 amide bonds. The van der Waals surface area contributed by atoms with Crippen LogP contribution in [0.1, 0.15) is 12.0 Å². The van der Waals surface area contributed by atoms with Crippen LogP contribution in [-0.4, -0.2) is 28.8 Å². The molecule has 2 aromatic heterocycles. The van der Waals surface area contributed by atoms with E-state index in [1.54, 1.807) is 24.4 Å². The van der Waals surface area contributed by atoms with Gasteiger partial charge in [0.2, 0.25) is 17.7 Å². The van der Waals surface area contributed by atoms with Gasteiger partial charge in [-0.2, -0.15) is 15.2 Å². The highest BCUT2D eigenvalue weighted by Gasteiger charge is 2.19. The third-order valence-electron chi connectivity index (χ3n) is 3.75. The van der Waals surface area contributed by atoms with Gasteiger partial charge in [0.15, 0.2) is 5.82 Å². The Hall–Kier alpha value is -2.66. The van der Waals surface area contributed by atoms with E-state index in [0.717, 1.165) is 5.39 Å². The molecule has 2 heterocycles. The van der Waals surface area contributed by atoms with E-state index in [-0.39, 0.29) is 12.4 Å². The minimum Gasteiger partial charge on any atom is -0.481 e. The lowest BCUT2D eigenvalue weighted by Crippen LogP contribution is -2.08. The molecule has 0 fully saturated rings. The van der Waals surface area contributed by atoms with Gasteiger partial charge in [0, 0.05) is 18.0 Å². The summed E-state index contributed by atoms with van der Waals surface area (Å²) in [6.07, 6.45) is 2.36. The Balaban J connectivity index is 2.22. The van der Waals surface area contributed by atoms with E-state index in [4.69, 9.17) is 14.7 Å². The third kappa shape index (κ3) is 3.03. The quantitative estimate of drug-likeness (QED) is 0.646. The van der Waals surface area contributed by atoms with Crippen LogP contribution in [0.2, 0.25) is 0 Å². The van der Waals surface area contributed by atoms with E-state index in [0.29, 0.717) is 33.7 Å². The lowest BCUT2D eigenvalue weighted by atomic mass is 10.2. The van der Waals surface area contributed by atoms with Crippen molar-refractivity contribution in [3.8, 4) is 23.8 Å². The van der Waals surface area contributed by atoms with Gasteiger partial charge < -0.3 is 9.47 Å². The molecule has 8 heteroatoms. The van der Waals surface area contributed by atoms with E-state index >= 15 is 0 Å². The van der Waals surface area contributed by atoms with Crippen molar-refractivity contribution in [1.82, 2.24) is 14.5 Å². The highest BCUT2D eigenvalue weighted by Crippen LogP contribution is 2.31. The zero-order valence-electron chi connectivity index (χ0n) is 13.6. The Morgan fingerprint density at radius 1 is 1.20 bits per heavy atom. The summed E-state index contributed by atoms with van der Waals surface area (Å²) in [6, 6.07) is 7.29. The fourth-order valence-electron chi connectivity index (χ4n) is 2.60. The Labute approximate surface area is 152 Å². The van der Waals surface area contributed by atoms with Gasteiger partial charge >= 0.3 is 0 Å². The van der Waals surface area contributed by atoms with Crippen molar-refractivity contribution in [2.75, 3.05) is 14.2 Å². The van der Waals surface area contributed by atoms with Gasteiger partial charge in [0.05, 0.1) is 35.8 Å². The number of halogens is 2. The molecule has 0 bridgehead atoms. The molecule has 0 unspecified atom stereocenters. The maximum atomic E-state index is 14.6. The molecule has 3 rings (SSSR count). The zero-order chi connectivity index (χ0) is 18.0. The smallest absolute Gasteiger partial charge is 0.240 e. The standard InChI is InChI=1S/C17H14BrFN4O2/c1-24-15-11(4-3-8-20)16(25-2)22-17(21-15)23-9-7-10-5-6-12(18)13(19)14(10)23/h5-7,9H,3-4H2,1-2H3. The van der Waals surface area contributed by atoms with Crippen LogP contribution in [0.15, 0.2) is 28.9 Å². The van der Waals surface area contributed by atoms with Crippen LogP contribution in [0.25, 0.3) is 16.9 Å². The van der Waals surface area contributed by atoms with Gasteiger partial charge in [0.1, 0.15) is 0 Å². The monoisotopic (exact) mass is 404 g/mol. The molecule has 0 radical (unpaired) electrons. The van der Waals surface area contributed by atoms with Crippen molar-refractivity contribution >= 4 is 26.8 Å². The molecule has 6 nitrogen and oxygen atoms in total. The number of nitriles is 1. The highest BCUT2D eigenvalue weighted by molar-refractivity contribution is 9.10. The van der Waals surface area contributed by atoms with E-state index in [9.17, 15) is 4.39 Å². The summed E-state index contributed by atoms with van der Waals surface area (Å²) in [7, 11) is 2.96. The summed E-state index contributed by atoms with van der Waals surface area (Å²) >= 11 is 3.19. The molecule has 0 aliphatic heterocycles. The summed E-state index contributed by atoms with van der Waals surface area (Å²) in [5.41, 5.74) is 0.955. The van der Waals surface area contributed by atoms with Crippen molar-refractivity contribution < 1.29 is 13.9 Å². The van der Waals surface area contributed by atoms with Gasteiger partial charge in [-0.3, -0.25) is 4.57 Å². The van der Waals surface area contributed by atoms with Gasteiger partial charge in [0.25, 0.3) is 0 Å². The summed E-state index contributed by atoms with van der Waals surface area (Å²) in [5, 5.41) is 9.53. The average molecular weight is 405 g/mol. The van der Waals surface area contributed by atoms with E-state index in [1.165, 1.54) is 18.8 Å². The third-order valence-corrected chi connectivity index (χ3v) is 4.37. The summed E-state index contributed by atoms with van der Waals surface area (Å²) in [4.78, 5) is 8.75. The first-order valence-electron chi connectivity index (χ1n) is 7.42. The number of aromatic nitrogens is 3. The Kier molecular flexibility index (Phi) is 4.86. The molecular weight excluding hydrogens is 391 g/mol. The Bertz CT molecular complexity index is 956. The Morgan fingerprint density at radius 2 is 1.88 bits per heavy atom. The molecule has 25 heavy (non-hydrogen) atoms. The molecule has 128 valence electrons. The Morgan fingerprint density at radius 3 is 2.48 bits per heavy atom. The van der Waals surface area contributed by atoms with Crippen molar-refractivity contribution in [1.29, 1.82) is 5.26 Å². The normalized spacial score (nSPS) is 10.7. The molecule has 1 aromatic carbocycles. The van der Waals surface area contributed by atoms with Crippen LogP contribution in [0.4, 0.5) is 4.39 Å². The molecule has 3 aromatic rings. The van der Waals surface area contributed by atoms with Crippen molar-refractivity contribution in [2.45, 2.75) is 12.8 Å². The number of fused-ring (bicyclic) bond motifs is 1. The molecular formula is C17H14BrFN4O2. The van der Waals surface area contributed by atoms with Crippen molar-refractivity contribution in [3.63, 3.8) is 0 Å². The molecule has 0 spiro atoms. The first kappa shape index (κ1) is 17.2. The summed E-state index contributed by atoms with van der Waals surface area (Å²) < 4.78 is 27.1. The second-order valence-electron chi connectivity index (χ2n) is 5.16. The number of nitrogens with zero attached hydrogens (tertiary/aromatic N) is 4. The minimum atomic E-state index is -0.405. The molecule has 0 atom stereocenters. The van der Waals surface area contributed by atoms with Gasteiger partial charge in [-0.1, -0.05) is 6.07 Å². The predicted molar refractivity (Wildman–Crippen MR) is 93.6 cm³/mol. The lowest BCUT2D eigenvalue weighted by molar-refractivity contribution is 0.361. The fraction of sp³-hybridized carbons (Fsp3) is 0.235. The average Bonchev–Trinajstić information content (AvgIpc) is 3.07. The molecule has 0 saturated heterocycles. The first-order chi connectivity index (χ1) is 12.1. The van der Waals surface area contributed by atoms with Gasteiger partial charge in [-0.25, -0.2) is 4.39 Å². The molecule has 0 saturated carbocycles. The minimum absolute atomic E-state index is 0.224. The molecule has 0 aliphatic rings. The highest BCUT2D eigenvalue weighted by atomic mass is 79.9. The number of methoxy groups -OCH3 is 2. The van der Waals surface area contributed by atoms with Crippen molar-refractivity contribution in [2.24, 2.45) is 0 Å². The molecule has 0 aliphatic carbocycles.